The zero-order valence-electron chi connectivity index (χ0n) is 6.90. The van der Waals surface area contributed by atoms with Crippen LogP contribution in [0.15, 0.2) is 12.2 Å². The van der Waals surface area contributed by atoms with E-state index in [9.17, 15) is 14.4 Å². The number of likely N-dealkylation sites (N-methyl/N-ethyl adjacent to an activating group) is 1. The summed E-state index contributed by atoms with van der Waals surface area (Å²) < 4.78 is 0. The summed E-state index contributed by atoms with van der Waals surface area (Å²) in [5.74, 6) is -0.815. The number of amides is 3. The van der Waals surface area contributed by atoms with Crippen molar-refractivity contribution in [1.82, 2.24) is 4.90 Å². The van der Waals surface area contributed by atoms with E-state index in [0.29, 0.717) is 0 Å². The summed E-state index contributed by atoms with van der Waals surface area (Å²) in [5.41, 5.74) is 4.47. The zero-order chi connectivity index (χ0) is 9.72. The van der Waals surface area contributed by atoms with Crippen molar-refractivity contribution in [2.24, 2.45) is 5.73 Å². The molecule has 1 aliphatic rings. The fraction of sp³-hybridized carbons (Fsp3) is 0.286. The smallest absolute Gasteiger partial charge is 0.253 e. The summed E-state index contributed by atoms with van der Waals surface area (Å²) in [6.45, 7) is 1.31. The van der Waals surface area contributed by atoms with Crippen LogP contribution in [-0.2, 0) is 14.4 Å². The molecule has 3 amide bonds. The number of nitrogens with two attached hydrogens (primary N) is 1. The summed E-state index contributed by atoms with van der Waals surface area (Å²) in [6.07, 6.45) is 2.50. The van der Waals surface area contributed by atoms with E-state index in [2.05, 4.69) is 5.73 Å². The summed E-state index contributed by atoms with van der Waals surface area (Å²) in [5, 5.41) is 0. The number of nitrogens with zero attached hydrogens (tertiary/aromatic N) is 1. The number of imide groups is 1. The largest absolute Gasteiger partial charge is 0.370 e. The van der Waals surface area contributed by atoms with Crippen molar-refractivity contribution in [2.75, 3.05) is 7.05 Å². The van der Waals surface area contributed by atoms with Gasteiger partial charge in [-0.2, -0.15) is 0 Å². The molecule has 0 aromatic heterocycles. The van der Waals surface area contributed by atoms with Crippen LogP contribution in [0.1, 0.15) is 6.92 Å². The molecule has 2 N–H and O–H groups in total. The van der Waals surface area contributed by atoms with Crippen LogP contribution in [0, 0.1) is 0 Å². The van der Waals surface area contributed by atoms with Crippen LogP contribution in [-0.4, -0.2) is 29.7 Å². The Labute approximate surface area is 69.8 Å². The second-order valence-corrected chi connectivity index (χ2v) is 2.18. The Balaban J connectivity index is 0.000000261. The van der Waals surface area contributed by atoms with Crippen LogP contribution < -0.4 is 5.73 Å². The van der Waals surface area contributed by atoms with Gasteiger partial charge >= 0.3 is 0 Å². The average molecular weight is 170 g/mol. The lowest BCUT2D eigenvalue weighted by Gasteiger charge is -2.01. The maximum atomic E-state index is 10.4. The van der Waals surface area contributed by atoms with Crippen LogP contribution in [0.4, 0.5) is 0 Å². The Hall–Kier alpha value is -1.65. The van der Waals surface area contributed by atoms with Crippen molar-refractivity contribution < 1.29 is 14.4 Å². The van der Waals surface area contributed by atoms with Crippen molar-refractivity contribution in [1.29, 1.82) is 0 Å². The molecule has 66 valence electrons. The maximum Gasteiger partial charge on any atom is 0.253 e. The number of primary amides is 1. The van der Waals surface area contributed by atoms with Gasteiger partial charge in [0.05, 0.1) is 0 Å². The lowest BCUT2D eigenvalue weighted by molar-refractivity contribution is -0.135. The van der Waals surface area contributed by atoms with Gasteiger partial charge < -0.3 is 5.73 Å². The molecule has 0 aromatic carbocycles. The van der Waals surface area contributed by atoms with Crippen molar-refractivity contribution in [2.45, 2.75) is 6.92 Å². The summed E-state index contributed by atoms with van der Waals surface area (Å²) >= 11 is 0. The quantitative estimate of drug-likeness (QED) is 0.475. The summed E-state index contributed by atoms with van der Waals surface area (Å²) in [7, 11) is 1.45. The topological polar surface area (TPSA) is 80.5 Å². The fourth-order valence-electron chi connectivity index (χ4n) is 0.475. The molecule has 0 saturated heterocycles. The van der Waals surface area contributed by atoms with E-state index >= 15 is 0 Å². The van der Waals surface area contributed by atoms with E-state index in [1.54, 1.807) is 0 Å². The van der Waals surface area contributed by atoms with Gasteiger partial charge in [-0.15, -0.1) is 0 Å². The van der Waals surface area contributed by atoms with Gasteiger partial charge in [-0.3, -0.25) is 19.3 Å². The molecule has 0 aliphatic carbocycles. The van der Waals surface area contributed by atoms with Gasteiger partial charge in [0, 0.05) is 26.1 Å². The van der Waals surface area contributed by atoms with Crippen LogP contribution >= 0.6 is 0 Å². The van der Waals surface area contributed by atoms with Crippen molar-refractivity contribution in [3.05, 3.63) is 12.2 Å². The number of rotatable bonds is 0. The van der Waals surface area contributed by atoms with Crippen LogP contribution in [0.25, 0.3) is 0 Å². The molecule has 1 rings (SSSR count). The molecule has 0 atom stereocenters. The molecule has 0 aromatic rings. The molecular formula is C7H10N2O3. The number of carbonyl (C=O) groups is 3. The highest BCUT2D eigenvalue weighted by Crippen LogP contribution is 1.97. The monoisotopic (exact) mass is 170 g/mol. The predicted molar refractivity (Wildman–Crippen MR) is 41.8 cm³/mol. The standard InChI is InChI=1S/C5H5NO2.C2H5NO/c1-6-4(7)2-3-5(6)8;1-2(3)4/h2-3H,1H3;1H3,(H2,3,4). The summed E-state index contributed by atoms with van der Waals surface area (Å²) in [6, 6.07) is 0. The molecule has 12 heavy (non-hydrogen) atoms. The normalized spacial score (nSPS) is 14.3. The number of carbonyl (C=O) groups excluding carboxylic acids is 3. The number of hydrogen-bond acceptors (Lipinski definition) is 3. The first kappa shape index (κ1) is 10.3. The Kier molecular flexibility index (Phi) is 3.69. The zero-order valence-corrected chi connectivity index (χ0v) is 6.90. The molecule has 1 aliphatic heterocycles. The van der Waals surface area contributed by atoms with Gasteiger partial charge in [-0.05, 0) is 0 Å². The van der Waals surface area contributed by atoms with Gasteiger partial charge in [0.15, 0.2) is 0 Å². The third-order valence-electron chi connectivity index (χ3n) is 1.03. The minimum atomic E-state index is -0.333. The number of hydrogen-bond donors (Lipinski definition) is 1. The van der Waals surface area contributed by atoms with Crippen molar-refractivity contribution >= 4 is 17.7 Å². The maximum absolute atomic E-state index is 10.4. The summed E-state index contributed by atoms with van der Waals surface area (Å²) in [4.78, 5) is 31.1. The first-order valence-corrected chi connectivity index (χ1v) is 3.21. The van der Waals surface area contributed by atoms with Crippen molar-refractivity contribution in [3.8, 4) is 0 Å². The SMILES string of the molecule is CC(N)=O.CN1C(=O)C=CC1=O. The molecular weight excluding hydrogens is 160 g/mol. The minimum Gasteiger partial charge on any atom is -0.370 e. The van der Waals surface area contributed by atoms with Crippen LogP contribution in [0.2, 0.25) is 0 Å². The Morgan fingerprint density at radius 1 is 1.33 bits per heavy atom. The molecule has 1 heterocycles. The lowest BCUT2D eigenvalue weighted by atomic mass is 10.6. The first-order valence-electron chi connectivity index (χ1n) is 3.21. The Morgan fingerprint density at radius 3 is 1.67 bits per heavy atom. The van der Waals surface area contributed by atoms with E-state index < -0.39 is 0 Å². The fourth-order valence-corrected chi connectivity index (χ4v) is 0.475. The van der Waals surface area contributed by atoms with Gasteiger partial charge in [-0.1, -0.05) is 0 Å². The first-order chi connectivity index (χ1) is 5.45. The van der Waals surface area contributed by atoms with E-state index in [1.165, 1.54) is 26.1 Å². The third kappa shape index (κ3) is 3.50. The molecule has 5 nitrogen and oxygen atoms in total. The molecule has 0 radical (unpaired) electrons. The van der Waals surface area contributed by atoms with Gasteiger partial charge in [0.25, 0.3) is 11.8 Å². The van der Waals surface area contributed by atoms with Gasteiger partial charge in [0.1, 0.15) is 0 Å². The Bertz CT molecular complexity index is 223. The lowest BCUT2D eigenvalue weighted by Crippen LogP contribution is -2.24. The molecule has 0 unspecified atom stereocenters. The van der Waals surface area contributed by atoms with E-state index in [0.717, 1.165) is 4.90 Å². The molecule has 0 spiro atoms. The van der Waals surface area contributed by atoms with E-state index in [-0.39, 0.29) is 17.7 Å². The highest BCUT2D eigenvalue weighted by Gasteiger charge is 2.17. The van der Waals surface area contributed by atoms with Crippen LogP contribution in [0.5, 0.6) is 0 Å². The molecule has 0 fully saturated rings. The average Bonchev–Trinajstić information content (AvgIpc) is 2.19. The highest BCUT2D eigenvalue weighted by molar-refractivity contribution is 6.12. The van der Waals surface area contributed by atoms with E-state index in [1.807, 2.05) is 0 Å². The molecule has 0 saturated carbocycles. The second kappa shape index (κ2) is 4.27. The van der Waals surface area contributed by atoms with E-state index in [4.69, 9.17) is 0 Å². The molecule has 0 bridgehead atoms. The van der Waals surface area contributed by atoms with Gasteiger partial charge in [0.2, 0.25) is 5.91 Å². The Morgan fingerprint density at radius 2 is 1.58 bits per heavy atom. The molecule has 5 heteroatoms. The third-order valence-corrected chi connectivity index (χ3v) is 1.03. The van der Waals surface area contributed by atoms with Gasteiger partial charge in [-0.25, -0.2) is 0 Å². The second-order valence-electron chi connectivity index (χ2n) is 2.18. The van der Waals surface area contributed by atoms with Crippen LogP contribution in [0.3, 0.4) is 0 Å². The highest BCUT2D eigenvalue weighted by atomic mass is 16.2. The van der Waals surface area contributed by atoms with Crippen molar-refractivity contribution in [3.63, 3.8) is 0 Å². The minimum absolute atomic E-state index is 0.241. The predicted octanol–water partition coefficient (Wildman–Crippen LogP) is -0.967.